The molecule has 2 aromatic carbocycles. The van der Waals surface area contributed by atoms with Crippen molar-refractivity contribution >= 4 is 50.7 Å². The van der Waals surface area contributed by atoms with Crippen LogP contribution in [0.1, 0.15) is 0 Å². The Bertz CT molecular complexity index is 1330. The molecule has 2 amide bonds. The lowest BCUT2D eigenvalue weighted by Gasteiger charge is -2.13. The van der Waals surface area contributed by atoms with Crippen LogP contribution in [-0.4, -0.2) is 39.7 Å². The SMILES string of the molecule is CN(C)C(=O)Sc1ccccc1NC(=O)Cn1cnc2c(oc3ccccc32)c1=O. The monoisotopic (exact) mass is 422 g/mol. The molecule has 1 N–H and O–H groups in total. The average Bonchev–Trinajstić information content (AvgIpc) is 3.11. The van der Waals surface area contributed by atoms with E-state index in [1.165, 1.54) is 15.8 Å². The molecule has 2 heterocycles. The van der Waals surface area contributed by atoms with Crippen LogP contribution in [0.2, 0.25) is 0 Å². The largest absolute Gasteiger partial charge is 0.448 e. The van der Waals surface area contributed by atoms with Gasteiger partial charge in [0.2, 0.25) is 11.5 Å². The number of furan rings is 1. The van der Waals surface area contributed by atoms with Gasteiger partial charge in [0.05, 0.1) is 12.0 Å². The first-order valence-corrected chi connectivity index (χ1v) is 9.90. The van der Waals surface area contributed by atoms with Gasteiger partial charge in [-0.3, -0.25) is 19.0 Å². The quantitative estimate of drug-likeness (QED) is 0.505. The van der Waals surface area contributed by atoms with Crippen molar-refractivity contribution in [1.82, 2.24) is 14.5 Å². The molecule has 0 aliphatic carbocycles. The summed E-state index contributed by atoms with van der Waals surface area (Å²) in [5.41, 5.74) is 1.20. The van der Waals surface area contributed by atoms with Gasteiger partial charge in [-0.2, -0.15) is 0 Å². The molecule has 4 rings (SSSR count). The molecular weight excluding hydrogens is 404 g/mol. The van der Waals surface area contributed by atoms with Crippen LogP contribution in [0.4, 0.5) is 10.5 Å². The van der Waals surface area contributed by atoms with E-state index < -0.39 is 11.5 Å². The van der Waals surface area contributed by atoms with Crippen molar-refractivity contribution in [1.29, 1.82) is 0 Å². The number of para-hydroxylation sites is 2. The summed E-state index contributed by atoms with van der Waals surface area (Å²) in [6.45, 7) is -0.237. The number of hydrogen-bond donors (Lipinski definition) is 1. The van der Waals surface area contributed by atoms with Crippen LogP contribution >= 0.6 is 11.8 Å². The maximum Gasteiger partial charge on any atom is 0.297 e. The zero-order valence-corrected chi connectivity index (χ0v) is 17.1. The number of fused-ring (bicyclic) bond motifs is 3. The molecule has 9 heteroatoms. The Morgan fingerprint density at radius 3 is 2.67 bits per heavy atom. The van der Waals surface area contributed by atoms with Crippen molar-refractivity contribution < 1.29 is 14.0 Å². The molecule has 152 valence electrons. The minimum atomic E-state index is -0.434. The zero-order valence-electron chi connectivity index (χ0n) is 16.3. The number of benzene rings is 2. The van der Waals surface area contributed by atoms with Crippen molar-refractivity contribution in [2.24, 2.45) is 0 Å². The molecule has 0 fully saturated rings. The second-order valence-electron chi connectivity index (χ2n) is 6.76. The topological polar surface area (TPSA) is 97.4 Å². The minimum absolute atomic E-state index is 0.110. The van der Waals surface area contributed by atoms with Crippen LogP contribution in [0, 0.1) is 0 Å². The van der Waals surface area contributed by atoms with Crippen molar-refractivity contribution in [2.45, 2.75) is 11.4 Å². The normalized spacial score (nSPS) is 11.0. The van der Waals surface area contributed by atoms with E-state index in [2.05, 4.69) is 10.3 Å². The summed E-state index contributed by atoms with van der Waals surface area (Å²) in [5.74, 6) is -0.417. The number of amides is 2. The molecule has 30 heavy (non-hydrogen) atoms. The Balaban J connectivity index is 1.57. The smallest absolute Gasteiger partial charge is 0.297 e. The van der Waals surface area contributed by atoms with Gasteiger partial charge < -0.3 is 14.6 Å². The third-order valence-electron chi connectivity index (χ3n) is 4.39. The highest BCUT2D eigenvalue weighted by molar-refractivity contribution is 8.13. The first-order chi connectivity index (χ1) is 14.4. The molecule has 2 aromatic heterocycles. The average molecular weight is 422 g/mol. The Morgan fingerprint density at radius 1 is 1.13 bits per heavy atom. The van der Waals surface area contributed by atoms with Gasteiger partial charge in [-0.15, -0.1) is 0 Å². The van der Waals surface area contributed by atoms with Crippen LogP contribution in [-0.2, 0) is 11.3 Å². The second-order valence-corrected chi connectivity index (χ2v) is 7.75. The predicted octanol–water partition coefficient (Wildman–Crippen LogP) is 3.56. The third-order valence-corrected chi connectivity index (χ3v) is 5.50. The lowest BCUT2D eigenvalue weighted by molar-refractivity contribution is -0.116. The Labute approximate surface area is 175 Å². The Morgan fingerprint density at radius 2 is 1.87 bits per heavy atom. The molecule has 0 atom stereocenters. The number of rotatable bonds is 4. The van der Waals surface area contributed by atoms with E-state index in [0.29, 0.717) is 21.7 Å². The number of aromatic nitrogens is 2. The fourth-order valence-electron chi connectivity index (χ4n) is 2.92. The van der Waals surface area contributed by atoms with Crippen LogP contribution in [0.25, 0.3) is 22.1 Å². The fourth-order valence-corrected chi connectivity index (χ4v) is 3.66. The van der Waals surface area contributed by atoms with Crippen LogP contribution in [0.15, 0.2) is 69.0 Å². The molecule has 0 aliphatic heterocycles. The van der Waals surface area contributed by atoms with E-state index in [1.807, 2.05) is 18.2 Å². The summed E-state index contributed by atoms with van der Waals surface area (Å²) >= 11 is 1.01. The van der Waals surface area contributed by atoms with E-state index in [1.54, 1.807) is 44.4 Å². The molecule has 0 unspecified atom stereocenters. The lowest BCUT2D eigenvalue weighted by Crippen LogP contribution is -2.27. The summed E-state index contributed by atoms with van der Waals surface area (Å²) in [4.78, 5) is 43.7. The van der Waals surface area contributed by atoms with E-state index >= 15 is 0 Å². The zero-order chi connectivity index (χ0) is 21.3. The summed E-state index contributed by atoms with van der Waals surface area (Å²) in [6.07, 6.45) is 1.34. The Kier molecular flexibility index (Phi) is 5.28. The van der Waals surface area contributed by atoms with Crippen molar-refractivity contribution in [3.63, 3.8) is 0 Å². The maximum atomic E-state index is 12.8. The fraction of sp³-hybridized carbons (Fsp3) is 0.143. The summed E-state index contributed by atoms with van der Waals surface area (Å²) < 4.78 is 6.83. The third kappa shape index (κ3) is 3.79. The summed E-state index contributed by atoms with van der Waals surface area (Å²) in [7, 11) is 3.31. The molecule has 0 saturated carbocycles. The van der Waals surface area contributed by atoms with Gasteiger partial charge in [0, 0.05) is 24.4 Å². The van der Waals surface area contributed by atoms with Gasteiger partial charge in [-0.1, -0.05) is 24.3 Å². The summed E-state index contributed by atoms with van der Waals surface area (Å²) in [6, 6.07) is 14.2. The van der Waals surface area contributed by atoms with Gasteiger partial charge in [0.1, 0.15) is 17.6 Å². The number of carbonyl (C=O) groups excluding carboxylic acids is 2. The maximum absolute atomic E-state index is 12.8. The Hall–Kier alpha value is -3.59. The van der Waals surface area contributed by atoms with E-state index in [0.717, 1.165) is 17.1 Å². The molecule has 8 nitrogen and oxygen atoms in total. The highest BCUT2D eigenvalue weighted by Gasteiger charge is 2.16. The second kappa shape index (κ2) is 8.03. The molecule has 4 aromatic rings. The molecule has 0 aliphatic rings. The lowest BCUT2D eigenvalue weighted by atomic mass is 10.2. The van der Waals surface area contributed by atoms with Gasteiger partial charge in [0.25, 0.3) is 10.8 Å². The van der Waals surface area contributed by atoms with Crippen LogP contribution < -0.4 is 10.9 Å². The number of hydrogen-bond acceptors (Lipinski definition) is 6. The van der Waals surface area contributed by atoms with Gasteiger partial charge >= 0.3 is 0 Å². The standard InChI is InChI=1S/C21H18N4O4S/c1-24(2)21(28)30-16-10-6-4-8-14(16)23-17(26)11-25-12-22-18-13-7-3-5-9-15(13)29-19(18)20(25)27/h3-10,12H,11H2,1-2H3,(H,23,26). The van der Waals surface area contributed by atoms with E-state index in [4.69, 9.17) is 4.42 Å². The molecular formula is C21H18N4O4S. The van der Waals surface area contributed by atoms with Crippen LogP contribution in [0.3, 0.4) is 0 Å². The van der Waals surface area contributed by atoms with E-state index in [9.17, 15) is 14.4 Å². The minimum Gasteiger partial charge on any atom is -0.448 e. The predicted molar refractivity (Wildman–Crippen MR) is 116 cm³/mol. The van der Waals surface area contributed by atoms with Crippen molar-refractivity contribution in [2.75, 3.05) is 19.4 Å². The molecule has 0 spiro atoms. The molecule has 0 bridgehead atoms. The number of carbonyl (C=O) groups is 2. The van der Waals surface area contributed by atoms with Gasteiger partial charge in [-0.05, 0) is 36.0 Å². The van der Waals surface area contributed by atoms with Crippen molar-refractivity contribution in [3.05, 3.63) is 65.2 Å². The van der Waals surface area contributed by atoms with Gasteiger partial charge in [0.15, 0.2) is 0 Å². The highest BCUT2D eigenvalue weighted by Crippen LogP contribution is 2.28. The highest BCUT2D eigenvalue weighted by atomic mass is 32.2. The number of nitrogens with one attached hydrogen (secondary N) is 1. The number of nitrogens with zero attached hydrogens (tertiary/aromatic N) is 3. The molecule has 0 saturated heterocycles. The van der Waals surface area contributed by atoms with Crippen molar-refractivity contribution in [3.8, 4) is 0 Å². The first-order valence-electron chi connectivity index (χ1n) is 9.08. The molecule has 0 radical (unpaired) electrons. The van der Waals surface area contributed by atoms with E-state index in [-0.39, 0.29) is 17.4 Å². The van der Waals surface area contributed by atoms with Crippen LogP contribution in [0.5, 0.6) is 0 Å². The first kappa shape index (κ1) is 19.7. The summed E-state index contributed by atoms with van der Waals surface area (Å²) in [5, 5.41) is 3.34. The van der Waals surface area contributed by atoms with Gasteiger partial charge in [-0.25, -0.2) is 4.98 Å². The number of anilines is 1. The number of thioether (sulfide) groups is 1.